The van der Waals surface area contributed by atoms with E-state index in [0.717, 1.165) is 10.7 Å². The highest BCUT2D eigenvalue weighted by Gasteiger charge is 2.43. The van der Waals surface area contributed by atoms with E-state index >= 15 is 0 Å². The van der Waals surface area contributed by atoms with Crippen molar-refractivity contribution in [3.05, 3.63) is 34.3 Å². The quantitative estimate of drug-likeness (QED) is 0.378. The Kier molecular flexibility index (Phi) is 4.59. The molecule has 0 radical (unpaired) electrons. The van der Waals surface area contributed by atoms with Gasteiger partial charge in [-0.05, 0) is 50.7 Å². The monoisotopic (exact) mass is 480 g/mol. The zero-order valence-electron chi connectivity index (χ0n) is 8.08. The van der Waals surface area contributed by atoms with E-state index in [2.05, 4.69) is 31.9 Å². The molecule has 88 valence electrons. The Labute approximate surface area is 124 Å². The number of halogens is 3. The number of rotatable bonds is 3. The number of alkyl halides is 2. The smallest absolute Gasteiger partial charge is 0.238 e. The van der Waals surface area contributed by atoms with Gasteiger partial charge in [0.05, 0.1) is 0 Å². The first-order valence-corrected chi connectivity index (χ1v) is 8.59. The standard InChI is InChI=1S/C9H7Br2IO3S/c1-16(14,15)9(11,12)8(13)6-2-4-7(10)5-3-6/h2-5H,1H3/t9-/m1/s1. The number of benzene rings is 1. The predicted octanol–water partition coefficient (Wildman–Crippen LogP) is 3.16. The number of hydrogen-bond donors (Lipinski definition) is 0. The first kappa shape index (κ1) is 14.6. The molecule has 0 saturated heterocycles. The molecule has 0 heterocycles. The number of hydrogen-bond acceptors (Lipinski definition) is 3. The van der Waals surface area contributed by atoms with Crippen LogP contribution in [-0.4, -0.2) is 22.1 Å². The number of ketones is 1. The molecule has 0 aliphatic carbocycles. The topological polar surface area (TPSA) is 51.2 Å². The summed E-state index contributed by atoms with van der Waals surface area (Å²) in [5, 5.41) is 0. The SMILES string of the molecule is CS(=O)(=O)[C@](Br)(I)C(=O)c1ccc(Br)cc1. The van der Waals surface area contributed by atoms with E-state index in [1.807, 2.05) is 0 Å². The molecule has 0 bridgehead atoms. The molecule has 0 spiro atoms. The molecule has 1 aromatic carbocycles. The number of carbonyl (C=O) groups excluding carboxylic acids is 1. The van der Waals surface area contributed by atoms with Crippen LogP contribution in [0.2, 0.25) is 0 Å². The van der Waals surface area contributed by atoms with Gasteiger partial charge in [0.25, 0.3) is 0 Å². The van der Waals surface area contributed by atoms with E-state index in [1.165, 1.54) is 0 Å². The second-order valence-corrected chi connectivity index (χ2v) is 11.7. The van der Waals surface area contributed by atoms with E-state index in [0.29, 0.717) is 5.56 Å². The van der Waals surface area contributed by atoms with Crippen molar-refractivity contribution in [3.63, 3.8) is 0 Å². The van der Waals surface area contributed by atoms with Crippen LogP contribution in [0.25, 0.3) is 0 Å². The van der Waals surface area contributed by atoms with Crippen molar-refractivity contribution in [2.75, 3.05) is 6.26 Å². The van der Waals surface area contributed by atoms with Crippen molar-refractivity contribution < 1.29 is 13.2 Å². The zero-order valence-corrected chi connectivity index (χ0v) is 14.2. The molecule has 1 aromatic rings. The van der Waals surface area contributed by atoms with Gasteiger partial charge in [-0.25, -0.2) is 8.42 Å². The molecule has 0 unspecified atom stereocenters. The molecule has 0 fully saturated rings. The van der Waals surface area contributed by atoms with Crippen molar-refractivity contribution in [2.45, 2.75) is 1.66 Å². The first-order valence-electron chi connectivity index (χ1n) is 4.04. The van der Waals surface area contributed by atoms with Crippen LogP contribution in [0.1, 0.15) is 10.4 Å². The lowest BCUT2D eigenvalue weighted by atomic mass is 10.1. The van der Waals surface area contributed by atoms with E-state index in [4.69, 9.17) is 0 Å². The Morgan fingerprint density at radius 2 is 1.75 bits per heavy atom. The molecule has 0 aromatic heterocycles. The third-order valence-electron chi connectivity index (χ3n) is 1.84. The number of Topliss-reactive ketones (excluding diaryl/α,β-unsaturated/α-hetero) is 1. The summed E-state index contributed by atoms with van der Waals surface area (Å²) >= 11 is 7.79. The summed E-state index contributed by atoms with van der Waals surface area (Å²) in [6.07, 6.45) is 1.02. The molecular formula is C9H7Br2IO3S. The number of sulfone groups is 1. The minimum absolute atomic E-state index is 0.347. The van der Waals surface area contributed by atoms with Crippen LogP contribution in [-0.2, 0) is 9.84 Å². The highest BCUT2D eigenvalue weighted by atomic mass is 127. The average Bonchev–Trinajstić information content (AvgIpc) is 2.16. The molecule has 3 nitrogen and oxygen atoms in total. The maximum absolute atomic E-state index is 12.0. The molecule has 7 heteroatoms. The van der Waals surface area contributed by atoms with Gasteiger partial charge in [0.2, 0.25) is 7.45 Å². The third-order valence-corrected chi connectivity index (χ3v) is 8.50. The van der Waals surface area contributed by atoms with Crippen molar-refractivity contribution in [3.8, 4) is 0 Å². The molecule has 0 aliphatic rings. The predicted molar refractivity (Wildman–Crippen MR) is 79.0 cm³/mol. The van der Waals surface area contributed by atoms with E-state index in [-0.39, 0.29) is 0 Å². The van der Waals surface area contributed by atoms with Gasteiger partial charge in [0, 0.05) is 16.3 Å². The highest BCUT2D eigenvalue weighted by molar-refractivity contribution is 14.1. The van der Waals surface area contributed by atoms with Gasteiger partial charge in [-0.1, -0.05) is 28.1 Å². The maximum Gasteiger partial charge on any atom is 0.238 e. The van der Waals surface area contributed by atoms with Gasteiger partial charge in [-0.15, -0.1) is 0 Å². The van der Waals surface area contributed by atoms with Crippen LogP contribution >= 0.6 is 54.5 Å². The second kappa shape index (κ2) is 5.03. The van der Waals surface area contributed by atoms with Gasteiger partial charge in [-0.3, -0.25) is 4.79 Å². The van der Waals surface area contributed by atoms with E-state index < -0.39 is 17.3 Å². The maximum atomic E-state index is 12.0. The zero-order chi connectivity index (χ0) is 12.6. The lowest BCUT2D eigenvalue weighted by Crippen LogP contribution is -2.33. The van der Waals surface area contributed by atoms with Crippen LogP contribution < -0.4 is 0 Å². The Bertz CT molecular complexity index is 508. The van der Waals surface area contributed by atoms with Gasteiger partial charge >= 0.3 is 0 Å². The van der Waals surface area contributed by atoms with Crippen LogP contribution in [0.4, 0.5) is 0 Å². The van der Waals surface area contributed by atoms with Gasteiger partial charge in [0.1, 0.15) is 0 Å². The summed E-state index contributed by atoms with van der Waals surface area (Å²) in [7, 11) is -3.52. The fourth-order valence-electron chi connectivity index (χ4n) is 0.938. The Hall–Kier alpha value is 0.530. The molecule has 0 amide bonds. The van der Waals surface area contributed by atoms with E-state index in [1.54, 1.807) is 46.9 Å². The normalized spacial score (nSPS) is 15.5. The first-order chi connectivity index (χ1) is 7.16. The Morgan fingerprint density at radius 1 is 1.31 bits per heavy atom. The molecule has 1 rings (SSSR count). The Balaban J connectivity index is 3.18. The van der Waals surface area contributed by atoms with Crippen LogP contribution in [0.3, 0.4) is 0 Å². The average molecular weight is 482 g/mol. The third kappa shape index (κ3) is 3.05. The van der Waals surface area contributed by atoms with Crippen molar-refractivity contribution in [1.29, 1.82) is 0 Å². The fraction of sp³-hybridized carbons (Fsp3) is 0.222. The molecule has 0 aliphatic heterocycles. The minimum atomic E-state index is -3.52. The van der Waals surface area contributed by atoms with E-state index in [9.17, 15) is 13.2 Å². The van der Waals surface area contributed by atoms with Gasteiger partial charge in [0.15, 0.2) is 9.84 Å². The molecule has 0 N–H and O–H groups in total. The van der Waals surface area contributed by atoms with Crippen LogP contribution in [0, 0.1) is 0 Å². The summed E-state index contributed by atoms with van der Waals surface area (Å²) in [6, 6.07) is 6.53. The molecule has 16 heavy (non-hydrogen) atoms. The summed E-state index contributed by atoms with van der Waals surface area (Å²) in [5.74, 6) is -0.483. The highest BCUT2D eigenvalue weighted by Crippen LogP contribution is 2.36. The summed E-state index contributed by atoms with van der Waals surface area (Å²) < 4.78 is 22.1. The Morgan fingerprint density at radius 3 is 2.12 bits per heavy atom. The minimum Gasteiger partial charge on any atom is -0.290 e. The van der Waals surface area contributed by atoms with Crippen LogP contribution in [0.5, 0.6) is 0 Å². The fourth-order valence-corrected chi connectivity index (χ4v) is 2.20. The summed E-state index contributed by atoms with van der Waals surface area (Å²) in [5.41, 5.74) is 0.347. The largest absolute Gasteiger partial charge is 0.290 e. The molecule has 0 saturated carbocycles. The van der Waals surface area contributed by atoms with Crippen molar-refractivity contribution >= 4 is 70.1 Å². The number of carbonyl (C=O) groups is 1. The molecule has 1 atom stereocenters. The lowest BCUT2D eigenvalue weighted by Gasteiger charge is -2.16. The summed E-state index contributed by atoms with van der Waals surface area (Å²) in [4.78, 5) is 12.0. The van der Waals surface area contributed by atoms with Crippen molar-refractivity contribution in [2.24, 2.45) is 0 Å². The summed E-state index contributed by atoms with van der Waals surface area (Å²) in [6.45, 7) is 0. The van der Waals surface area contributed by atoms with Gasteiger partial charge < -0.3 is 0 Å². The van der Waals surface area contributed by atoms with Crippen LogP contribution in [0.15, 0.2) is 28.7 Å². The molecular weight excluding hydrogens is 475 g/mol. The van der Waals surface area contributed by atoms with Gasteiger partial charge in [-0.2, -0.15) is 0 Å². The van der Waals surface area contributed by atoms with Crippen molar-refractivity contribution in [1.82, 2.24) is 0 Å². The lowest BCUT2D eigenvalue weighted by molar-refractivity contribution is 0.101. The second-order valence-electron chi connectivity index (χ2n) is 3.12.